The third-order valence-electron chi connectivity index (χ3n) is 3.95. The highest BCUT2D eigenvalue weighted by atomic mass is 127. The summed E-state index contributed by atoms with van der Waals surface area (Å²) in [6, 6.07) is 10.3. The molecule has 1 aromatic carbocycles. The van der Waals surface area contributed by atoms with Crippen LogP contribution in [0.25, 0.3) is 0 Å². The zero-order valence-corrected chi connectivity index (χ0v) is 20.0. The molecule has 0 atom stereocenters. The highest BCUT2D eigenvalue weighted by molar-refractivity contribution is 14.0. The van der Waals surface area contributed by atoms with Crippen LogP contribution in [0.4, 0.5) is 0 Å². The largest absolute Gasteiger partial charge is 0.371 e. The standard InChI is InChI=1S/C21H32N4O2.HI/c1-15(2)19-11-18(27-25-19)13-24-20(22-6)23-12-16-8-7-9-17(10-16)14-26-21(3,4)5;/h7-11,15H,12-14H2,1-6H3,(H2,22,23,24);1H. The fraction of sp³-hybridized carbons (Fsp3) is 0.524. The molecule has 2 rings (SSSR count). The minimum atomic E-state index is -0.143. The lowest BCUT2D eigenvalue weighted by Gasteiger charge is -2.19. The number of guanidine groups is 1. The Morgan fingerprint density at radius 2 is 1.82 bits per heavy atom. The summed E-state index contributed by atoms with van der Waals surface area (Å²) in [5, 5.41) is 10.6. The first-order valence-corrected chi connectivity index (χ1v) is 9.38. The van der Waals surface area contributed by atoms with Crippen LogP contribution in [0.5, 0.6) is 0 Å². The lowest BCUT2D eigenvalue weighted by Crippen LogP contribution is -2.36. The molecule has 0 radical (unpaired) electrons. The maximum absolute atomic E-state index is 5.85. The Bertz CT molecular complexity index is 751. The summed E-state index contributed by atoms with van der Waals surface area (Å²) >= 11 is 0. The van der Waals surface area contributed by atoms with Gasteiger partial charge in [0.25, 0.3) is 0 Å². The summed E-state index contributed by atoms with van der Waals surface area (Å²) in [4.78, 5) is 4.26. The molecule has 0 amide bonds. The Kier molecular flexibility index (Phi) is 9.95. The molecule has 28 heavy (non-hydrogen) atoms. The Hall–Kier alpha value is -1.61. The van der Waals surface area contributed by atoms with Crippen molar-refractivity contribution in [2.45, 2.75) is 65.8 Å². The van der Waals surface area contributed by atoms with Crippen LogP contribution in [-0.2, 0) is 24.4 Å². The van der Waals surface area contributed by atoms with E-state index in [1.165, 1.54) is 5.56 Å². The zero-order chi connectivity index (χ0) is 19.9. The molecule has 0 saturated heterocycles. The van der Waals surface area contributed by atoms with Gasteiger partial charge < -0.3 is 19.9 Å². The third-order valence-corrected chi connectivity index (χ3v) is 3.95. The summed E-state index contributed by atoms with van der Waals surface area (Å²) in [6.07, 6.45) is 0. The lowest BCUT2D eigenvalue weighted by molar-refractivity contribution is -0.0149. The predicted octanol–water partition coefficient (Wildman–Crippen LogP) is 4.60. The van der Waals surface area contributed by atoms with Crippen LogP contribution in [0.1, 0.15) is 63.1 Å². The number of aliphatic imine (C=N–C) groups is 1. The summed E-state index contributed by atoms with van der Waals surface area (Å²) < 4.78 is 11.2. The topological polar surface area (TPSA) is 71.7 Å². The number of nitrogens with one attached hydrogen (secondary N) is 2. The van der Waals surface area contributed by atoms with Crippen molar-refractivity contribution < 1.29 is 9.26 Å². The number of nitrogens with zero attached hydrogens (tertiary/aromatic N) is 2. The number of ether oxygens (including phenoxy) is 1. The highest BCUT2D eigenvalue weighted by Crippen LogP contribution is 2.14. The van der Waals surface area contributed by atoms with E-state index in [2.05, 4.69) is 79.7 Å². The number of halogens is 1. The molecule has 0 aliphatic heterocycles. The van der Waals surface area contributed by atoms with E-state index in [9.17, 15) is 0 Å². The quantitative estimate of drug-likeness (QED) is 0.331. The minimum Gasteiger partial charge on any atom is -0.371 e. The van der Waals surface area contributed by atoms with Crippen LogP contribution in [0, 0.1) is 0 Å². The Balaban J connectivity index is 0.00000392. The SMILES string of the molecule is CN=C(NCc1cccc(COC(C)(C)C)c1)NCc1cc(C(C)C)no1.I. The summed E-state index contributed by atoms with van der Waals surface area (Å²) in [5.41, 5.74) is 3.16. The van der Waals surface area contributed by atoms with Gasteiger partial charge in [0.1, 0.15) is 0 Å². The molecule has 0 unspecified atom stereocenters. The number of aromatic nitrogens is 1. The fourth-order valence-electron chi connectivity index (χ4n) is 2.39. The first-order valence-electron chi connectivity index (χ1n) is 9.38. The van der Waals surface area contributed by atoms with E-state index in [1.54, 1.807) is 7.05 Å². The molecule has 2 N–H and O–H groups in total. The van der Waals surface area contributed by atoms with E-state index in [1.807, 2.05) is 6.07 Å². The Morgan fingerprint density at radius 1 is 1.14 bits per heavy atom. The van der Waals surface area contributed by atoms with Crippen molar-refractivity contribution in [3.8, 4) is 0 Å². The van der Waals surface area contributed by atoms with Gasteiger partial charge in [0.2, 0.25) is 0 Å². The van der Waals surface area contributed by atoms with Crippen molar-refractivity contribution in [2.75, 3.05) is 7.05 Å². The van der Waals surface area contributed by atoms with Gasteiger partial charge in [-0.1, -0.05) is 43.3 Å². The third kappa shape index (κ3) is 8.60. The van der Waals surface area contributed by atoms with Crippen LogP contribution in [0.2, 0.25) is 0 Å². The van der Waals surface area contributed by atoms with Crippen molar-refractivity contribution in [1.29, 1.82) is 0 Å². The summed E-state index contributed by atoms with van der Waals surface area (Å²) in [6.45, 7) is 12.2. The molecule has 1 heterocycles. The van der Waals surface area contributed by atoms with Crippen molar-refractivity contribution >= 4 is 29.9 Å². The van der Waals surface area contributed by atoms with E-state index < -0.39 is 0 Å². The average Bonchev–Trinajstić information content (AvgIpc) is 3.09. The van der Waals surface area contributed by atoms with Gasteiger partial charge in [-0.2, -0.15) is 0 Å². The van der Waals surface area contributed by atoms with Crippen molar-refractivity contribution in [3.63, 3.8) is 0 Å². The normalized spacial score (nSPS) is 12.0. The van der Waals surface area contributed by atoms with Crippen LogP contribution >= 0.6 is 24.0 Å². The maximum Gasteiger partial charge on any atom is 0.191 e. The van der Waals surface area contributed by atoms with Gasteiger partial charge in [-0.05, 0) is 37.8 Å². The molecule has 0 aliphatic rings. The number of rotatable bonds is 7. The molecule has 0 spiro atoms. The van der Waals surface area contributed by atoms with Crippen molar-refractivity contribution in [2.24, 2.45) is 4.99 Å². The first-order chi connectivity index (χ1) is 12.8. The van der Waals surface area contributed by atoms with Crippen LogP contribution in [0.3, 0.4) is 0 Å². The zero-order valence-electron chi connectivity index (χ0n) is 17.7. The summed E-state index contributed by atoms with van der Waals surface area (Å²) in [7, 11) is 1.75. The molecule has 156 valence electrons. The number of benzene rings is 1. The molecular weight excluding hydrogens is 467 g/mol. The van der Waals surface area contributed by atoms with E-state index in [0.29, 0.717) is 31.6 Å². The highest BCUT2D eigenvalue weighted by Gasteiger charge is 2.10. The van der Waals surface area contributed by atoms with E-state index >= 15 is 0 Å². The maximum atomic E-state index is 5.85. The van der Waals surface area contributed by atoms with Gasteiger partial charge in [0, 0.05) is 19.7 Å². The minimum absolute atomic E-state index is 0. The van der Waals surface area contributed by atoms with Gasteiger partial charge in [0.05, 0.1) is 24.4 Å². The predicted molar refractivity (Wildman–Crippen MR) is 124 cm³/mol. The van der Waals surface area contributed by atoms with Gasteiger partial charge >= 0.3 is 0 Å². The van der Waals surface area contributed by atoms with Gasteiger partial charge in [-0.25, -0.2) is 0 Å². The first kappa shape index (κ1) is 24.4. The second kappa shape index (κ2) is 11.4. The summed E-state index contributed by atoms with van der Waals surface area (Å²) in [5.74, 6) is 1.87. The smallest absolute Gasteiger partial charge is 0.191 e. The average molecular weight is 500 g/mol. The van der Waals surface area contributed by atoms with Gasteiger partial charge in [0.15, 0.2) is 11.7 Å². The lowest BCUT2D eigenvalue weighted by atomic mass is 10.1. The second-order valence-corrected chi connectivity index (χ2v) is 7.87. The molecule has 0 aliphatic carbocycles. The van der Waals surface area contributed by atoms with Crippen LogP contribution < -0.4 is 10.6 Å². The molecular formula is C21H33IN4O2. The molecule has 0 saturated carbocycles. The monoisotopic (exact) mass is 500 g/mol. The fourth-order valence-corrected chi connectivity index (χ4v) is 2.39. The Labute approximate surface area is 185 Å². The van der Waals surface area contributed by atoms with Crippen molar-refractivity contribution in [3.05, 3.63) is 52.9 Å². The Morgan fingerprint density at radius 3 is 2.43 bits per heavy atom. The molecule has 0 bridgehead atoms. The van der Waals surface area contributed by atoms with Gasteiger partial charge in [-0.3, -0.25) is 4.99 Å². The molecule has 0 fully saturated rings. The van der Waals surface area contributed by atoms with Crippen LogP contribution in [0.15, 0.2) is 39.8 Å². The molecule has 7 heteroatoms. The van der Waals surface area contributed by atoms with Gasteiger partial charge in [-0.15, -0.1) is 24.0 Å². The van der Waals surface area contributed by atoms with Crippen LogP contribution in [-0.4, -0.2) is 23.8 Å². The molecule has 2 aromatic rings. The number of hydrogen-bond donors (Lipinski definition) is 2. The van der Waals surface area contributed by atoms with Crippen molar-refractivity contribution in [1.82, 2.24) is 15.8 Å². The van der Waals surface area contributed by atoms with E-state index in [-0.39, 0.29) is 29.6 Å². The molecule has 1 aromatic heterocycles. The van der Waals surface area contributed by atoms with E-state index in [0.717, 1.165) is 17.0 Å². The molecule has 6 nitrogen and oxygen atoms in total. The van der Waals surface area contributed by atoms with E-state index in [4.69, 9.17) is 9.26 Å². The second-order valence-electron chi connectivity index (χ2n) is 7.87. The number of hydrogen-bond acceptors (Lipinski definition) is 4.